The van der Waals surface area contributed by atoms with Crippen LogP contribution in [0, 0.1) is 11.8 Å². The Hall–Kier alpha value is -3.39. The van der Waals surface area contributed by atoms with Gasteiger partial charge in [0.15, 0.2) is 0 Å². The van der Waals surface area contributed by atoms with Gasteiger partial charge < -0.3 is 14.2 Å². The highest BCUT2D eigenvalue weighted by molar-refractivity contribution is 6.09. The van der Waals surface area contributed by atoms with Gasteiger partial charge in [-0.2, -0.15) is 0 Å². The van der Waals surface area contributed by atoms with Gasteiger partial charge in [0.2, 0.25) is 11.8 Å². The average Bonchev–Trinajstić information content (AvgIpc) is 3.49. The van der Waals surface area contributed by atoms with Crippen molar-refractivity contribution < 1.29 is 28.6 Å². The molecule has 8 heteroatoms. The van der Waals surface area contributed by atoms with Crippen molar-refractivity contribution in [3.05, 3.63) is 48.0 Å². The van der Waals surface area contributed by atoms with Crippen LogP contribution in [0.4, 0.5) is 0 Å². The molecule has 0 radical (unpaired) electrons. The van der Waals surface area contributed by atoms with E-state index in [2.05, 4.69) is 0 Å². The summed E-state index contributed by atoms with van der Waals surface area (Å²) in [6.45, 7) is 0.611. The summed E-state index contributed by atoms with van der Waals surface area (Å²) in [6, 6.07) is 13.1. The van der Waals surface area contributed by atoms with E-state index >= 15 is 0 Å². The fraction of sp³-hybridized carbons (Fsp3) is 0.423. The van der Waals surface area contributed by atoms with E-state index in [1.165, 1.54) is 19.1 Å². The van der Waals surface area contributed by atoms with Crippen LogP contribution in [0.1, 0.15) is 24.4 Å². The number of benzene rings is 2. The Morgan fingerprint density at radius 3 is 2.38 bits per heavy atom. The molecular weight excluding hydrogens is 436 g/mol. The predicted octanol–water partition coefficient (Wildman–Crippen LogP) is 2.66. The summed E-state index contributed by atoms with van der Waals surface area (Å²) >= 11 is 0. The third kappa shape index (κ3) is 2.91. The summed E-state index contributed by atoms with van der Waals surface area (Å²) in [6.07, 6.45) is 1.24. The molecule has 3 fully saturated rings. The second-order valence-electron chi connectivity index (χ2n) is 9.08. The summed E-state index contributed by atoms with van der Waals surface area (Å²) in [5, 5.41) is 0. The molecule has 34 heavy (non-hydrogen) atoms. The molecule has 5 rings (SSSR count). The molecule has 3 aliphatic heterocycles. The van der Waals surface area contributed by atoms with Gasteiger partial charge in [-0.15, -0.1) is 0 Å². The van der Waals surface area contributed by atoms with Crippen LogP contribution >= 0.6 is 0 Å². The quantitative estimate of drug-likeness (QED) is 0.497. The van der Waals surface area contributed by atoms with E-state index in [0.717, 1.165) is 28.9 Å². The first-order chi connectivity index (χ1) is 16.4. The molecule has 2 aromatic carbocycles. The van der Waals surface area contributed by atoms with E-state index in [9.17, 15) is 14.4 Å². The van der Waals surface area contributed by atoms with Crippen molar-refractivity contribution in [2.75, 3.05) is 34.9 Å². The SMILES string of the molecule is COC(=O)[C@@]12CCCN1[C@H](c1ccc(-c3ccc(OC)cc3)c(OC)c1)[C@H]1C(=O)N(C)C(=O)[C@H]12. The summed E-state index contributed by atoms with van der Waals surface area (Å²) in [7, 11) is 6.07. The van der Waals surface area contributed by atoms with Gasteiger partial charge >= 0.3 is 5.97 Å². The van der Waals surface area contributed by atoms with Crippen molar-refractivity contribution >= 4 is 17.8 Å². The van der Waals surface area contributed by atoms with Gasteiger partial charge in [-0.1, -0.05) is 24.3 Å². The van der Waals surface area contributed by atoms with Crippen LogP contribution in [-0.2, 0) is 19.1 Å². The van der Waals surface area contributed by atoms with E-state index in [1.54, 1.807) is 14.2 Å². The van der Waals surface area contributed by atoms with Crippen molar-refractivity contribution in [3.8, 4) is 22.6 Å². The fourth-order valence-electron chi connectivity index (χ4n) is 6.24. The van der Waals surface area contributed by atoms with Gasteiger partial charge in [0.25, 0.3) is 0 Å². The molecule has 0 aliphatic carbocycles. The zero-order valence-electron chi connectivity index (χ0n) is 19.7. The number of carbonyl (C=O) groups excluding carboxylic acids is 3. The Labute approximate surface area is 198 Å². The second kappa shape index (κ2) is 8.13. The van der Waals surface area contributed by atoms with E-state index in [4.69, 9.17) is 14.2 Å². The van der Waals surface area contributed by atoms with E-state index in [1.807, 2.05) is 47.4 Å². The average molecular weight is 465 g/mol. The van der Waals surface area contributed by atoms with Crippen molar-refractivity contribution in [2.45, 2.75) is 24.4 Å². The standard InChI is InChI=1S/C26H28N2O6/c1-27-23(29)20-21(24(27)30)26(25(31)34-4)12-5-13-28(26)22(20)16-8-11-18(19(14-16)33-3)15-6-9-17(32-2)10-7-15/h6-11,14,20-22H,5,12-13H2,1-4H3/t20-,21-,22+,26-/m0/s1. The lowest BCUT2D eigenvalue weighted by Crippen LogP contribution is -2.54. The molecule has 4 atom stereocenters. The zero-order valence-corrected chi connectivity index (χ0v) is 19.7. The Morgan fingerprint density at radius 1 is 1.00 bits per heavy atom. The van der Waals surface area contributed by atoms with E-state index < -0.39 is 29.4 Å². The molecular formula is C26H28N2O6. The largest absolute Gasteiger partial charge is 0.497 e. The first kappa shape index (κ1) is 22.4. The third-order valence-electron chi connectivity index (χ3n) is 7.74. The molecule has 178 valence electrons. The van der Waals surface area contributed by atoms with Crippen LogP contribution in [-0.4, -0.2) is 68.0 Å². The number of ether oxygens (including phenoxy) is 3. The van der Waals surface area contributed by atoms with Crippen LogP contribution in [0.3, 0.4) is 0 Å². The van der Waals surface area contributed by atoms with E-state index in [-0.39, 0.29) is 11.8 Å². The summed E-state index contributed by atoms with van der Waals surface area (Å²) in [4.78, 5) is 42.8. The van der Waals surface area contributed by atoms with Crippen LogP contribution < -0.4 is 9.47 Å². The second-order valence-corrected chi connectivity index (χ2v) is 9.08. The van der Waals surface area contributed by atoms with Crippen molar-refractivity contribution in [1.82, 2.24) is 9.80 Å². The number of rotatable bonds is 5. The number of likely N-dealkylation sites (tertiary alicyclic amines) is 1. The maximum atomic E-state index is 13.3. The van der Waals surface area contributed by atoms with Crippen molar-refractivity contribution in [2.24, 2.45) is 11.8 Å². The maximum absolute atomic E-state index is 13.3. The number of amides is 2. The number of methoxy groups -OCH3 is 3. The minimum Gasteiger partial charge on any atom is -0.497 e. The molecule has 3 aliphatic rings. The molecule has 8 nitrogen and oxygen atoms in total. The van der Waals surface area contributed by atoms with Crippen LogP contribution in [0.25, 0.3) is 11.1 Å². The lowest BCUT2D eigenvalue weighted by Gasteiger charge is -2.35. The Bertz CT molecular complexity index is 1160. The Kier molecular flexibility index (Phi) is 5.36. The Morgan fingerprint density at radius 2 is 1.74 bits per heavy atom. The van der Waals surface area contributed by atoms with E-state index in [0.29, 0.717) is 18.7 Å². The van der Waals surface area contributed by atoms with Gasteiger partial charge in [0.05, 0.1) is 33.2 Å². The molecule has 3 saturated heterocycles. The first-order valence-electron chi connectivity index (χ1n) is 11.4. The molecule has 0 unspecified atom stereocenters. The molecule has 2 aromatic rings. The van der Waals surface area contributed by atoms with Crippen LogP contribution in [0.2, 0.25) is 0 Å². The molecule has 2 amide bonds. The smallest absolute Gasteiger partial charge is 0.327 e. The fourth-order valence-corrected chi connectivity index (χ4v) is 6.24. The number of carbonyl (C=O) groups is 3. The van der Waals surface area contributed by atoms with Gasteiger partial charge in [0, 0.05) is 18.7 Å². The van der Waals surface area contributed by atoms with Crippen molar-refractivity contribution in [3.63, 3.8) is 0 Å². The molecule has 0 saturated carbocycles. The molecule has 3 heterocycles. The number of hydrogen-bond donors (Lipinski definition) is 0. The molecule has 0 aromatic heterocycles. The first-order valence-corrected chi connectivity index (χ1v) is 11.4. The highest BCUT2D eigenvalue weighted by atomic mass is 16.5. The topological polar surface area (TPSA) is 85.4 Å². The van der Waals surface area contributed by atoms with Gasteiger partial charge in [-0.3, -0.25) is 24.2 Å². The third-order valence-corrected chi connectivity index (χ3v) is 7.74. The van der Waals surface area contributed by atoms with Gasteiger partial charge in [-0.25, -0.2) is 0 Å². The lowest BCUT2D eigenvalue weighted by molar-refractivity contribution is -0.158. The maximum Gasteiger partial charge on any atom is 0.327 e. The normalized spacial score (nSPS) is 28.1. The van der Waals surface area contributed by atoms with Crippen molar-refractivity contribution in [1.29, 1.82) is 0 Å². The number of hydrogen-bond acceptors (Lipinski definition) is 7. The summed E-state index contributed by atoms with van der Waals surface area (Å²) in [5.74, 6) is -0.990. The number of imide groups is 1. The number of esters is 1. The van der Waals surface area contributed by atoms with Crippen LogP contribution in [0.5, 0.6) is 11.5 Å². The monoisotopic (exact) mass is 464 g/mol. The lowest BCUT2D eigenvalue weighted by atomic mass is 9.77. The summed E-state index contributed by atoms with van der Waals surface area (Å²) < 4.78 is 16.2. The van der Waals surface area contributed by atoms with Gasteiger partial charge in [-0.05, 0) is 48.7 Å². The van der Waals surface area contributed by atoms with Crippen LogP contribution in [0.15, 0.2) is 42.5 Å². The minimum absolute atomic E-state index is 0.254. The molecule has 0 spiro atoms. The minimum atomic E-state index is -1.12. The summed E-state index contributed by atoms with van der Waals surface area (Å²) in [5.41, 5.74) is 1.58. The highest BCUT2D eigenvalue weighted by Crippen LogP contribution is 2.59. The molecule has 0 N–H and O–H groups in total. The van der Waals surface area contributed by atoms with Gasteiger partial charge in [0.1, 0.15) is 17.0 Å². The zero-order chi connectivity index (χ0) is 24.2. The number of nitrogens with zero attached hydrogens (tertiary/aromatic N) is 2. The number of fused-ring (bicyclic) bond motifs is 3. The predicted molar refractivity (Wildman–Crippen MR) is 123 cm³/mol. The highest BCUT2D eigenvalue weighted by Gasteiger charge is 2.73. The molecule has 0 bridgehead atoms. The Balaban J connectivity index is 1.62.